The fraction of sp³-hybridized carbons (Fsp3) is 0.250. The molecule has 152 valence electrons. The lowest BCUT2D eigenvalue weighted by Gasteiger charge is -2.09. The van der Waals surface area contributed by atoms with Crippen LogP contribution in [0, 0.1) is 13.8 Å². The largest absolute Gasteiger partial charge is 0.352 e. The van der Waals surface area contributed by atoms with Gasteiger partial charge in [-0.3, -0.25) is 9.52 Å². The van der Waals surface area contributed by atoms with E-state index in [0.29, 0.717) is 42.4 Å². The van der Waals surface area contributed by atoms with Gasteiger partial charge in [-0.2, -0.15) is 4.98 Å². The Morgan fingerprint density at radius 2 is 1.72 bits per heavy atom. The maximum absolute atomic E-state index is 12.5. The lowest BCUT2D eigenvalue weighted by atomic mass is 10.2. The molecule has 29 heavy (non-hydrogen) atoms. The van der Waals surface area contributed by atoms with E-state index in [2.05, 4.69) is 20.2 Å². The Bertz CT molecular complexity index is 1070. The fourth-order valence-corrected chi connectivity index (χ4v) is 3.66. The second-order valence-corrected chi connectivity index (χ2v) is 8.27. The number of benzene rings is 2. The zero-order chi connectivity index (χ0) is 20.9. The summed E-state index contributed by atoms with van der Waals surface area (Å²) >= 11 is 0. The Kier molecular flexibility index (Phi) is 6.28. The number of anilines is 1. The first-order chi connectivity index (χ1) is 13.8. The maximum Gasteiger partial charge on any atom is 0.261 e. The molecule has 1 aromatic heterocycles. The molecule has 0 radical (unpaired) electrons. The summed E-state index contributed by atoms with van der Waals surface area (Å²) in [6.45, 7) is 4.11. The minimum absolute atomic E-state index is 0.0846. The van der Waals surface area contributed by atoms with Crippen molar-refractivity contribution >= 4 is 21.6 Å². The molecule has 0 spiro atoms. The Hall–Kier alpha value is -3.20. The van der Waals surface area contributed by atoms with Crippen molar-refractivity contribution < 1.29 is 17.7 Å². The SMILES string of the molecule is Cc1ccc(NS(=O)(=O)c2ccc(C(=O)NCCCc3nc(C)no3)cc2)cc1. The molecule has 1 amide bonds. The highest BCUT2D eigenvalue weighted by Gasteiger charge is 2.15. The van der Waals surface area contributed by atoms with Gasteiger partial charge in [-0.25, -0.2) is 8.42 Å². The first-order valence-corrected chi connectivity index (χ1v) is 10.6. The molecule has 0 unspecified atom stereocenters. The molecule has 0 aliphatic rings. The number of amides is 1. The second kappa shape index (κ2) is 8.87. The molecule has 0 aliphatic carbocycles. The Labute approximate surface area is 169 Å². The quantitative estimate of drug-likeness (QED) is 0.548. The van der Waals surface area contributed by atoms with Crippen LogP contribution in [0.3, 0.4) is 0 Å². The molecule has 8 nitrogen and oxygen atoms in total. The number of hydrogen-bond donors (Lipinski definition) is 2. The van der Waals surface area contributed by atoms with Gasteiger partial charge < -0.3 is 9.84 Å². The molecule has 1 heterocycles. The minimum atomic E-state index is -3.72. The second-order valence-electron chi connectivity index (χ2n) is 6.59. The van der Waals surface area contributed by atoms with Gasteiger partial charge in [-0.1, -0.05) is 22.9 Å². The van der Waals surface area contributed by atoms with E-state index in [4.69, 9.17) is 4.52 Å². The van der Waals surface area contributed by atoms with E-state index in [0.717, 1.165) is 5.56 Å². The van der Waals surface area contributed by atoms with Crippen molar-refractivity contribution in [2.75, 3.05) is 11.3 Å². The molecule has 2 N–H and O–H groups in total. The molecular formula is C20H22N4O4S. The Morgan fingerprint density at radius 1 is 1.03 bits per heavy atom. The van der Waals surface area contributed by atoms with Crippen LogP contribution in [0.5, 0.6) is 0 Å². The van der Waals surface area contributed by atoms with Gasteiger partial charge in [0.2, 0.25) is 5.89 Å². The zero-order valence-electron chi connectivity index (χ0n) is 16.2. The van der Waals surface area contributed by atoms with Gasteiger partial charge in [0.15, 0.2) is 5.82 Å². The normalized spacial score (nSPS) is 11.2. The molecule has 0 saturated heterocycles. The Morgan fingerprint density at radius 3 is 2.34 bits per heavy atom. The van der Waals surface area contributed by atoms with Crippen LogP contribution in [0.25, 0.3) is 0 Å². The van der Waals surface area contributed by atoms with Crippen molar-refractivity contribution in [3.63, 3.8) is 0 Å². The predicted molar refractivity (Wildman–Crippen MR) is 108 cm³/mol. The lowest BCUT2D eigenvalue weighted by Crippen LogP contribution is -2.24. The molecule has 0 bridgehead atoms. The predicted octanol–water partition coefficient (Wildman–Crippen LogP) is 2.85. The maximum atomic E-state index is 12.5. The van der Waals surface area contributed by atoms with Crippen LogP contribution in [0.15, 0.2) is 57.9 Å². The summed E-state index contributed by atoms with van der Waals surface area (Å²) in [6, 6.07) is 12.8. The fourth-order valence-electron chi connectivity index (χ4n) is 2.61. The van der Waals surface area contributed by atoms with Gasteiger partial charge in [-0.05, 0) is 56.7 Å². The van der Waals surface area contributed by atoms with Crippen LogP contribution in [0.2, 0.25) is 0 Å². The number of rotatable bonds is 8. The summed E-state index contributed by atoms with van der Waals surface area (Å²) in [7, 11) is -3.72. The van der Waals surface area contributed by atoms with Crippen LogP contribution < -0.4 is 10.0 Å². The minimum Gasteiger partial charge on any atom is -0.352 e. The van der Waals surface area contributed by atoms with Gasteiger partial charge in [0, 0.05) is 24.2 Å². The van der Waals surface area contributed by atoms with E-state index < -0.39 is 10.0 Å². The summed E-state index contributed by atoms with van der Waals surface area (Å²) < 4.78 is 32.5. The number of nitrogens with one attached hydrogen (secondary N) is 2. The van der Waals surface area contributed by atoms with E-state index in [1.807, 2.05) is 19.1 Å². The Balaban J connectivity index is 1.54. The highest BCUT2D eigenvalue weighted by Crippen LogP contribution is 2.17. The number of aryl methyl sites for hydroxylation is 3. The zero-order valence-corrected chi connectivity index (χ0v) is 17.0. The van der Waals surface area contributed by atoms with E-state index in [-0.39, 0.29) is 10.8 Å². The molecule has 2 aromatic carbocycles. The highest BCUT2D eigenvalue weighted by atomic mass is 32.2. The van der Waals surface area contributed by atoms with Crippen LogP contribution >= 0.6 is 0 Å². The van der Waals surface area contributed by atoms with Crippen molar-refractivity contribution in [2.45, 2.75) is 31.6 Å². The first kappa shape index (κ1) is 20.5. The van der Waals surface area contributed by atoms with Crippen molar-refractivity contribution in [1.29, 1.82) is 0 Å². The standard InChI is InChI=1S/C20H22N4O4S/c1-14-5-9-17(10-6-14)24-29(26,27)18-11-7-16(8-12-18)20(25)21-13-3-4-19-22-15(2)23-28-19/h5-12,24H,3-4,13H2,1-2H3,(H,21,25). The highest BCUT2D eigenvalue weighted by molar-refractivity contribution is 7.92. The van der Waals surface area contributed by atoms with Crippen molar-refractivity contribution in [3.05, 3.63) is 71.4 Å². The number of carbonyl (C=O) groups is 1. The molecule has 3 rings (SSSR count). The van der Waals surface area contributed by atoms with Crippen molar-refractivity contribution in [3.8, 4) is 0 Å². The monoisotopic (exact) mass is 414 g/mol. The van der Waals surface area contributed by atoms with Crippen LogP contribution in [0.4, 0.5) is 5.69 Å². The molecule has 0 aliphatic heterocycles. The number of nitrogens with zero attached hydrogens (tertiary/aromatic N) is 2. The van der Waals surface area contributed by atoms with Gasteiger partial charge in [0.05, 0.1) is 4.90 Å². The molecule has 0 saturated carbocycles. The smallest absolute Gasteiger partial charge is 0.261 e. The number of aromatic nitrogens is 2. The first-order valence-electron chi connectivity index (χ1n) is 9.10. The van der Waals surface area contributed by atoms with Gasteiger partial charge in [0.25, 0.3) is 15.9 Å². The van der Waals surface area contributed by atoms with Gasteiger partial charge in [0.1, 0.15) is 0 Å². The molecule has 0 fully saturated rings. The average Bonchev–Trinajstić information content (AvgIpc) is 3.12. The molecule has 9 heteroatoms. The molecule has 3 aromatic rings. The van der Waals surface area contributed by atoms with Crippen LogP contribution in [-0.4, -0.2) is 31.0 Å². The third kappa shape index (κ3) is 5.64. The molecular weight excluding hydrogens is 392 g/mol. The van der Waals surface area contributed by atoms with Crippen molar-refractivity contribution in [1.82, 2.24) is 15.5 Å². The third-order valence-corrected chi connectivity index (χ3v) is 5.55. The lowest BCUT2D eigenvalue weighted by molar-refractivity contribution is 0.0953. The molecule has 0 atom stereocenters. The summed E-state index contributed by atoms with van der Waals surface area (Å²) in [4.78, 5) is 16.4. The van der Waals surface area contributed by atoms with E-state index >= 15 is 0 Å². The van der Waals surface area contributed by atoms with E-state index in [9.17, 15) is 13.2 Å². The van der Waals surface area contributed by atoms with Crippen molar-refractivity contribution in [2.24, 2.45) is 0 Å². The van der Waals surface area contributed by atoms with Gasteiger partial charge in [-0.15, -0.1) is 0 Å². The topological polar surface area (TPSA) is 114 Å². The number of carbonyl (C=O) groups excluding carboxylic acids is 1. The van der Waals surface area contributed by atoms with Gasteiger partial charge >= 0.3 is 0 Å². The summed E-state index contributed by atoms with van der Waals surface area (Å²) in [5.74, 6) is 0.838. The average molecular weight is 414 g/mol. The number of sulfonamides is 1. The van der Waals surface area contributed by atoms with Crippen LogP contribution in [-0.2, 0) is 16.4 Å². The third-order valence-electron chi connectivity index (χ3n) is 4.15. The van der Waals surface area contributed by atoms with Crippen LogP contribution in [0.1, 0.15) is 34.1 Å². The number of hydrogen-bond acceptors (Lipinski definition) is 6. The summed E-state index contributed by atoms with van der Waals surface area (Å²) in [5, 5.41) is 6.49. The summed E-state index contributed by atoms with van der Waals surface area (Å²) in [5.41, 5.74) is 1.90. The van der Waals surface area contributed by atoms with E-state index in [1.54, 1.807) is 19.1 Å². The summed E-state index contributed by atoms with van der Waals surface area (Å²) in [6.07, 6.45) is 1.23. The van der Waals surface area contributed by atoms with E-state index in [1.165, 1.54) is 24.3 Å².